The Bertz CT molecular complexity index is 481. The maximum Gasteiger partial charge on any atom is 0.263 e. The molecular formula is C14H18N2OS2. The summed E-state index contributed by atoms with van der Waals surface area (Å²) in [6.07, 6.45) is 1.08. The Morgan fingerprint density at radius 1 is 1.63 bits per heavy atom. The monoisotopic (exact) mass is 294 g/mol. The first kappa shape index (κ1) is 14.4. The van der Waals surface area contributed by atoms with Crippen LogP contribution < -0.4 is 0 Å². The molecule has 1 aromatic rings. The molecule has 1 aliphatic heterocycles. The van der Waals surface area contributed by atoms with E-state index in [9.17, 15) is 4.79 Å². The number of carbonyl (C=O) groups excluding carboxylic acids is 1. The number of rotatable bonds is 4. The van der Waals surface area contributed by atoms with Crippen LogP contribution in [0.2, 0.25) is 0 Å². The molecule has 5 heteroatoms. The molecule has 1 aromatic heterocycles. The zero-order chi connectivity index (χ0) is 13.8. The van der Waals surface area contributed by atoms with Crippen molar-refractivity contribution in [2.24, 2.45) is 5.92 Å². The van der Waals surface area contributed by atoms with E-state index in [4.69, 9.17) is 5.26 Å². The van der Waals surface area contributed by atoms with Crippen molar-refractivity contribution in [3.8, 4) is 6.07 Å². The van der Waals surface area contributed by atoms with Gasteiger partial charge >= 0.3 is 0 Å². The SMILES string of the molecule is CCN(CC(C)C#N)C(=O)c1cc2c(s1)CCSC2. The van der Waals surface area contributed by atoms with Gasteiger partial charge in [0.25, 0.3) is 5.91 Å². The molecule has 1 unspecified atom stereocenters. The first-order chi connectivity index (χ1) is 9.15. The van der Waals surface area contributed by atoms with Gasteiger partial charge in [0.2, 0.25) is 0 Å². The zero-order valence-electron chi connectivity index (χ0n) is 11.3. The van der Waals surface area contributed by atoms with E-state index in [-0.39, 0.29) is 11.8 Å². The first-order valence-corrected chi connectivity index (χ1v) is 8.51. The molecule has 0 fully saturated rings. The van der Waals surface area contributed by atoms with Crippen LogP contribution >= 0.6 is 23.1 Å². The molecule has 0 saturated carbocycles. The Kier molecular flexibility index (Phi) is 4.89. The minimum Gasteiger partial charge on any atom is -0.337 e. The highest BCUT2D eigenvalue weighted by molar-refractivity contribution is 7.98. The fourth-order valence-corrected chi connectivity index (χ4v) is 4.48. The van der Waals surface area contributed by atoms with Crippen molar-refractivity contribution >= 4 is 29.0 Å². The van der Waals surface area contributed by atoms with Gasteiger partial charge in [-0.1, -0.05) is 0 Å². The van der Waals surface area contributed by atoms with Crippen molar-refractivity contribution in [3.05, 3.63) is 21.4 Å². The van der Waals surface area contributed by atoms with Gasteiger partial charge in [-0.3, -0.25) is 4.79 Å². The largest absolute Gasteiger partial charge is 0.337 e. The summed E-state index contributed by atoms with van der Waals surface area (Å²) in [4.78, 5) is 16.4. The number of hydrogen-bond acceptors (Lipinski definition) is 4. The van der Waals surface area contributed by atoms with Gasteiger partial charge in [0.05, 0.1) is 16.9 Å². The molecule has 0 N–H and O–H groups in total. The van der Waals surface area contributed by atoms with Gasteiger partial charge in [0.15, 0.2) is 0 Å². The quantitative estimate of drug-likeness (QED) is 0.857. The van der Waals surface area contributed by atoms with Gasteiger partial charge in [0, 0.05) is 23.7 Å². The van der Waals surface area contributed by atoms with Gasteiger partial charge in [0.1, 0.15) is 0 Å². The summed E-state index contributed by atoms with van der Waals surface area (Å²) >= 11 is 3.56. The van der Waals surface area contributed by atoms with Crippen LogP contribution in [0.4, 0.5) is 0 Å². The number of amides is 1. The highest BCUT2D eigenvalue weighted by Crippen LogP contribution is 2.32. The summed E-state index contributed by atoms with van der Waals surface area (Å²) in [6.45, 7) is 4.99. The van der Waals surface area contributed by atoms with E-state index >= 15 is 0 Å². The fraction of sp³-hybridized carbons (Fsp3) is 0.571. The van der Waals surface area contributed by atoms with E-state index in [0.29, 0.717) is 13.1 Å². The third kappa shape index (κ3) is 3.31. The summed E-state index contributed by atoms with van der Waals surface area (Å²) < 4.78 is 0. The molecule has 2 rings (SSSR count). The molecule has 102 valence electrons. The third-order valence-electron chi connectivity index (χ3n) is 3.22. The number of thioether (sulfide) groups is 1. The van der Waals surface area contributed by atoms with E-state index < -0.39 is 0 Å². The number of hydrogen-bond donors (Lipinski definition) is 0. The predicted molar refractivity (Wildman–Crippen MR) is 80.5 cm³/mol. The Morgan fingerprint density at radius 3 is 3.05 bits per heavy atom. The number of nitriles is 1. The van der Waals surface area contributed by atoms with E-state index in [1.165, 1.54) is 10.4 Å². The van der Waals surface area contributed by atoms with E-state index in [1.807, 2.05) is 31.7 Å². The second-order valence-electron chi connectivity index (χ2n) is 4.74. The standard InChI is InChI=1S/C14H18N2OS2/c1-3-16(8-10(2)7-15)14(17)13-6-11-9-18-5-4-12(11)19-13/h6,10H,3-5,8-9H2,1-2H3. The average molecular weight is 294 g/mol. The summed E-state index contributed by atoms with van der Waals surface area (Å²) in [5.41, 5.74) is 1.33. The van der Waals surface area contributed by atoms with E-state index in [0.717, 1.165) is 22.8 Å². The molecule has 0 aliphatic carbocycles. The number of aryl methyl sites for hydroxylation is 1. The highest BCUT2D eigenvalue weighted by atomic mass is 32.2. The van der Waals surface area contributed by atoms with Crippen LogP contribution in [0.3, 0.4) is 0 Å². The van der Waals surface area contributed by atoms with Crippen molar-refractivity contribution in [2.45, 2.75) is 26.0 Å². The molecule has 0 aromatic carbocycles. The lowest BCUT2D eigenvalue weighted by Gasteiger charge is -2.21. The molecule has 0 spiro atoms. The van der Waals surface area contributed by atoms with Crippen molar-refractivity contribution in [3.63, 3.8) is 0 Å². The maximum absolute atomic E-state index is 12.5. The highest BCUT2D eigenvalue weighted by Gasteiger charge is 2.21. The van der Waals surface area contributed by atoms with Crippen molar-refractivity contribution in [1.29, 1.82) is 5.26 Å². The average Bonchev–Trinajstić information content (AvgIpc) is 2.87. The van der Waals surface area contributed by atoms with Gasteiger partial charge in [-0.15, -0.1) is 11.3 Å². The Morgan fingerprint density at radius 2 is 2.42 bits per heavy atom. The second kappa shape index (κ2) is 6.44. The van der Waals surface area contributed by atoms with Crippen LogP contribution in [-0.4, -0.2) is 29.6 Å². The topological polar surface area (TPSA) is 44.1 Å². The van der Waals surface area contributed by atoms with Crippen LogP contribution in [0.1, 0.15) is 34.0 Å². The molecule has 1 aliphatic rings. The van der Waals surface area contributed by atoms with Gasteiger partial charge in [-0.2, -0.15) is 17.0 Å². The molecule has 0 radical (unpaired) electrons. The number of fused-ring (bicyclic) bond motifs is 1. The predicted octanol–water partition coefficient (Wildman–Crippen LogP) is 3.16. The minimum absolute atomic E-state index is 0.0778. The lowest BCUT2D eigenvalue weighted by Crippen LogP contribution is -2.33. The molecule has 1 amide bonds. The van der Waals surface area contributed by atoms with Gasteiger partial charge in [-0.25, -0.2) is 0 Å². The number of nitrogens with zero attached hydrogens (tertiary/aromatic N) is 2. The summed E-state index contributed by atoms with van der Waals surface area (Å²) in [5, 5.41) is 8.88. The lowest BCUT2D eigenvalue weighted by molar-refractivity contribution is 0.0757. The molecule has 19 heavy (non-hydrogen) atoms. The Hall–Kier alpha value is -0.990. The smallest absolute Gasteiger partial charge is 0.263 e. The summed E-state index contributed by atoms with van der Waals surface area (Å²) in [5.74, 6) is 2.15. The van der Waals surface area contributed by atoms with E-state index in [2.05, 4.69) is 6.07 Å². The van der Waals surface area contributed by atoms with Crippen molar-refractivity contribution < 1.29 is 4.79 Å². The summed E-state index contributed by atoms with van der Waals surface area (Å²) in [6, 6.07) is 4.24. The van der Waals surface area contributed by atoms with Crippen molar-refractivity contribution in [2.75, 3.05) is 18.8 Å². The van der Waals surface area contributed by atoms with Gasteiger partial charge < -0.3 is 4.90 Å². The molecule has 0 saturated heterocycles. The molecule has 3 nitrogen and oxygen atoms in total. The van der Waals surface area contributed by atoms with Crippen molar-refractivity contribution in [1.82, 2.24) is 4.90 Å². The molecule has 2 heterocycles. The van der Waals surface area contributed by atoms with Crippen LogP contribution in [0.5, 0.6) is 0 Å². The molecular weight excluding hydrogens is 276 g/mol. The number of carbonyl (C=O) groups is 1. The van der Waals surface area contributed by atoms with Crippen LogP contribution in [0.25, 0.3) is 0 Å². The van der Waals surface area contributed by atoms with E-state index in [1.54, 1.807) is 16.2 Å². The Labute approximate surface area is 122 Å². The summed E-state index contributed by atoms with van der Waals surface area (Å²) in [7, 11) is 0. The maximum atomic E-state index is 12.5. The fourth-order valence-electron chi connectivity index (χ4n) is 2.14. The lowest BCUT2D eigenvalue weighted by atomic mass is 10.2. The van der Waals surface area contributed by atoms with Crippen LogP contribution in [0.15, 0.2) is 6.07 Å². The third-order valence-corrected chi connectivity index (χ3v) is 5.46. The minimum atomic E-state index is -0.117. The normalized spacial score (nSPS) is 15.4. The van der Waals surface area contributed by atoms with Crippen LogP contribution in [0, 0.1) is 17.2 Å². The second-order valence-corrected chi connectivity index (χ2v) is 6.98. The zero-order valence-corrected chi connectivity index (χ0v) is 12.9. The molecule has 0 bridgehead atoms. The number of thiophene rings is 1. The molecule has 1 atom stereocenters. The van der Waals surface area contributed by atoms with Crippen LogP contribution in [-0.2, 0) is 12.2 Å². The van der Waals surface area contributed by atoms with Gasteiger partial charge in [-0.05, 0) is 37.7 Å². The Balaban J connectivity index is 2.13. The first-order valence-electron chi connectivity index (χ1n) is 6.54.